The Morgan fingerprint density at radius 3 is 2.43 bits per heavy atom. The van der Waals surface area contributed by atoms with Gasteiger partial charge >= 0.3 is 5.97 Å². The van der Waals surface area contributed by atoms with E-state index in [9.17, 15) is 19.2 Å². The van der Waals surface area contributed by atoms with Crippen molar-refractivity contribution in [3.05, 3.63) is 0 Å². The molecule has 1 fully saturated rings. The summed E-state index contributed by atoms with van der Waals surface area (Å²) in [5, 5.41) is 2.23. The van der Waals surface area contributed by atoms with Gasteiger partial charge in [0, 0.05) is 0 Å². The first-order valence-electron chi connectivity index (χ1n) is 6.83. The van der Waals surface area contributed by atoms with Crippen LogP contribution in [0.1, 0.15) is 34.6 Å². The van der Waals surface area contributed by atoms with Crippen LogP contribution in [-0.2, 0) is 23.9 Å². The molecule has 0 unspecified atom stereocenters. The monoisotopic (exact) mass is 298 g/mol. The van der Waals surface area contributed by atoms with Gasteiger partial charge in [-0.25, -0.2) is 0 Å². The topological polar surface area (TPSA) is 92.8 Å². The van der Waals surface area contributed by atoms with Crippen LogP contribution in [0.4, 0.5) is 0 Å². The molecule has 0 atom stereocenters. The van der Waals surface area contributed by atoms with Gasteiger partial charge in [0.15, 0.2) is 5.78 Å². The van der Waals surface area contributed by atoms with Crippen molar-refractivity contribution in [3.63, 3.8) is 0 Å². The average molecular weight is 298 g/mol. The van der Waals surface area contributed by atoms with Crippen molar-refractivity contribution < 1.29 is 23.9 Å². The zero-order valence-corrected chi connectivity index (χ0v) is 13.1. The number of Topliss-reactive ketones (excluding diaryl/α,β-unsaturated/α-hetero) is 1. The molecule has 0 aromatic carbocycles. The predicted molar refractivity (Wildman–Crippen MR) is 74.2 cm³/mol. The van der Waals surface area contributed by atoms with Crippen LogP contribution in [0, 0.1) is 5.41 Å². The molecule has 0 saturated carbocycles. The molecule has 0 aliphatic carbocycles. The van der Waals surface area contributed by atoms with Crippen molar-refractivity contribution in [1.82, 2.24) is 10.2 Å². The molecule has 1 N–H and O–H groups in total. The Morgan fingerprint density at radius 1 is 1.33 bits per heavy atom. The Labute approximate surface area is 124 Å². The molecule has 21 heavy (non-hydrogen) atoms. The summed E-state index contributed by atoms with van der Waals surface area (Å²) < 4.78 is 4.89. The fourth-order valence-electron chi connectivity index (χ4n) is 1.88. The normalized spacial score (nSPS) is 19.1. The SMILES string of the molecule is CCOC(=O)C(C)(C)C(=O)CN1CC(=O)NC(=O)C1(C)C. The number of imide groups is 1. The lowest BCUT2D eigenvalue weighted by Gasteiger charge is -2.40. The summed E-state index contributed by atoms with van der Waals surface area (Å²) >= 11 is 0. The van der Waals surface area contributed by atoms with Crippen LogP contribution < -0.4 is 5.32 Å². The third-order valence-corrected chi connectivity index (χ3v) is 3.75. The fraction of sp³-hybridized carbons (Fsp3) is 0.714. The standard InChI is InChI=1S/C14H22N2O5/c1-6-21-12(20)13(2,3)9(17)7-16-8-10(18)15-11(19)14(16,4)5/h6-8H2,1-5H3,(H,15,18,19). The molecule has 7 nitrogen and oxygen atoms in total. The summed E-state index contributed by atoms with van der Waals surface area (Å²) in [5.74, 6) is -1.92. The van der Waals surface area contributed by atoms with Crippen molar-refractivity contribution in [2.75, 3.05) is 19.7 Å². The van der Waals surface area contributed by atoms with Crippen molar-refractivity contribution in [2.45, 2.75) is 40.2 Å². The minimum atomic E-state index is -1.32. The van der Waals surface area contributed by atoms with Crippen LogP contribution in [0.2, 0.25) is 0 Å². The fourth-order valence-corrected chi connectivity index (χ4v) is 1.88. The van der Waals surface area contributed by atoms with Crippen molar-refractivity contribution in [2.24, 2.45) is 5.41 Å². The Kier molecular flexibility index (Phi) is 4.88. The lowest BCUT2D eigenvalue weighted by Crippen LogP contribution is -2.65. The molecule has 0 aromatic heterocycles. The number of rotatable bonds is 5. The maximum absolute atomic E-state index is 12.4. The molecule has 1 saturated heterocycles. The highest BCUT2D eigenvalue weighted by molar-refractivity contribution is 6.06. The highest BCUT2D eigenvalue weighted by Crippen LogP contribution is 2.23. The molecule has 7 heteroatoms. The van der Waals surface area contributed by atoms with E-state index in [1.165, 1.54) is 18.7 Å². The smallest absolute Gasteiger partial charge is 0.319 e. The van der Waals surface area contributed by atoms with Crippen molar-refractivity contribution in [1.29, 1.82) is 0 Å². The van der Waals surface area contributed by atoms with Gasteiger partial charge in [-0.15, -0.1) is 0 Å². The van der Waals surface area contributed by atoms with E-state index in [1.54, 1.807) is 20.8 Å². The molecule has 118 valence electrons. The maximum atomic E-state index is 12.4. The minimum Gasteiger partial charge on any atom is -0.465 e. The molecular formula is C14H22N2O5. The van der Waals surface area contributed by atoms with Crippen LogP contribution in [0.3, 0.4) is 0 Å². The Morgan fingerprint density at radius 2 is 1.90 bits per heavy atom. The van der Waals surface area contributed by atoms with Crippen molar-refractivity contribution >= 4 is 23.6 Å². The molecule has 0 spiro atoms. The van der Waals surface area contributed by atoms with E-state index in [2.05, 4.69) is 5.32 Å². The second-order valence-electron chi connectivity index (χ2n) is 6.06. The third kappa shape index (κ3) is 3.47. The number of hydrogen-bond donors (Lipinski definition) is 1. The van der Waals surface area contributed by atoms with Gasteiger partial charge in [-0.05, 0) is 34.6 Å². The minimum absolute atomic E-state index is 0.0661. The molecule has 1 rings (SSSR count). The summed E-state index contributed by atoms with van der Waals surface area (Å²) in [7, 11) is 0. The van der Waals surface area contributed by atoms with Gasteiger partial charge in [0.25, 0.3) is 0 Å². The summed E-state index contributed by atoms with van der Waals surface area (Å²) in [6.45, 7) is 7.82. The molecule has 0 aromatic rings. The van der Waals surface area contributed by atoms with Gasteiger partial charge in [0.1, 0.15) is 5.41 Å². The summed E-state index contributed by atoms with van der Waals surface area (Å²) in [6.07, 6.45) is 0. The number of carbonyl (C=O) groups excluding carboxylic acids is 4. The Hall–Kier alpha value is -1.76. The number of nitrogens with one attached hydrogen (secondary N) is 1. The molecule has 1 heterocycles. The maximum Gasteiger partial charge on any atom is 0.319 e. The number of nitrogens with zero attached hydrogens (tertiary/aromatic N) is 1. The molecule has 0 radical (unpaired) electrons. The van der Waals surface area contributed by atoms with E-state index in [1.807, 2.05) is 0 Å². The molecule has 1 aliphatic heterocycles. The first kappa shape index (κ1) is 17.3. The molecule has 2 amide bonds. The molecular weight excluding hydrogens is 276 g/mol. The van der Waals surface area contributed by atoms with E-state index in [-0.39, 0.29) is 19.7 Å². The number of amides is 2. The first-order valence-corrected chi connectivity index (χ1v) is 6.83. The van der Waals surface area contributed by atoms with E-state index in [0.29, 0.717) is 0 Å². The summed E-state index contributed by atoms with van der Waals surface area (Å²) in [5.41, 5.74) is -2.31. The molecule has 0 bridgehead atoms. The Balaban J connectivity index is 2.88. The first-order chi connectivity index (χ1) is 9.53. The summed E-state index contributed by atoms with van der Waals surface area (Å²) in [6, 6.07) is 0. The lowest BCUT2D eigenvalue weighted by atomic mass is 9.86. The Bertz CT molecular complexity index is 482. The largest absolute Gasteiger partial charge is 0.465 e. The average Bonchev–Trinajstić information content (AvgIpc) is 2.36. The molecule has 1 aliphatic rings. The third-order valence-electron chi connectivity index (χ3n) is 3.75. The number of esters is 1. The number of carbonyl (C=O) groups is 4. The van der Waals surface area contributed by atoms with Gasteiger partial charge in [-0.3, -0.25) is 29.4 Å². The second-order valence-corrected chi connectivity index (χ2v) is 6.06. The van der Waals surface area contributed by atoms with Crippen LogP contribution in [-0.4, -0.2) is 53.7 Å². The number of ketones is 1. The van der Waals surface area contributed by atoms with Crippen LogP contribution in [0.15, 0.2) is 0 Å². The van der Waals surface area contributed by atoms with Crippen LogP contribution in [0.5, 0.6) is 0 Å². The van der Waals surface area contributed by atoms with Gasteiger partial charge < -0.3 is 4.74 Å². The number of ether oxygens (including phenoxy) is 1. The van der Waals surface area contributed by atoms with Crippen LogP contribution in [0.25, 0.3) is 0 Å². The van der Waals surface area contributed by atoms with E-state index in [0.717, 1.165) is 0 Å². The van der Waals surface area contributed by atoms with E-state index >= 15 is 0 Å². The summed E-state index contributed by atoms with van der Waals surface area (Å²) in [4.78, 5) is 49.0. The van der Waals surface area contributed by atoms with E-state index < -0.39 is 34.5 Å². The zero-order valence-electron chi connectivity index (χ0n) is 13.1. The highest BCUT2D eigenvalue weighted by Gasteiger charge is 2.45. The lowest BCUT2D eigenvalue weighted by molar-refractivity contribution is -0.159. The van der Waals surface area contributed by atoms with Crippen LogP contribution >= 0.6 is 0 Å². The van der Waals surface area contributed by atoms with Gasteiger partial charge in [-0.2, -0.15) is 0 Å². The van der Waals surface area contributed by atoms with Crippen molar-refractivity contribution in [3.8, 4) is 0 Å². The second kappa shape index (κ2) is 5.93. The van der Waals surface area contributed by atoms with Gasteiger partial charge in [0.05, 0.1) is 25.2 Å². The van der Waals surface area contributed by atoms with Gasteiger partial charge in [-0.1, -0.05) is 0 Å². The zero-order chi connectivity index (χ0) is 16.4. The number of hydrogen-bond acceptors (Lipinski definition) is 6. The van der Waals surface area contributed by atoms with Gasteiger partial charge in [0.2, 0.25) is 11.8 Å². The quantitative estimate of drug-likeness (QED) is 0.432. The number of piperazine rings is 1. The highest BCUT2D eigenvalue weighted by atomic mass is 16.5. The van der Waals surface area contributed by atoms with E-state index in [4.69, 9.17) is 4.74 Å². The predicted octanol–water partition coefficient (Wildman–Crippen LogP) is -0.118.